The van der Waals surface area contributed by atoms with Crippen molar-refractivity contribution in [3.05, 3.63) is 29.3 Å². The van der Waals surface area contributed by atoms with Crippen LogP contribution >= 0.6 is 0 Å². The summed E-state index contributed by atoms with van der Waals surface area (Å²) in [6.45, 7) is 7.98. The Morgan fingerprint density at radius 2 is 1.65 bits per heavy atom. The molecule has 0 saturated carbocycles. The molecule has 0 bridgehead atoms. The Kier molecular flexibility index (Phi) is 5.69. The molecule has 2 aliphatic heterocycles. The van der Waals surface area contributed by atoms with E-state index in [0.29, 0.717) is 24.6 Å². The average Bonchev–Trinajstić information content (AvgIpc) is 2.62. The number of aryl methyl sites for hydroxylation is 1. The van der Waals surface area contributed by atoms with E-state index < -0.39 is 10.0 Å². The number of carbonyl (C=O) groups excluding carboxylic acids is 1. The predicted octanol–water partition coefficient (Wildman–Crippen LogP) is 1.80. The van der Waals surface area contributed by atoms with Gasteiger partial charge in [-0.3, -0.25) is 4.79 Å². The highest BCUT2D eigenvalue weighted by molar-refractivity contribution is 7.89. The number of piperidine rings is 1. The highest BCUT2D eigenvalue weighted by atomic mass is 32.2. The monoisotopic (exact) mass is 379 g/mol. The number of benzene rings is 1. The highest BCUT2D eigenvalue weighted by Gasteiger charge is 2.29. The van der Waals surface area contributed by atoms with Crippen molar-refractivity contribution >= 4 is 15.9 Å². The van der Waals surface area contributed by atoms with E-state index in [2.05, 4.69) is 11.8 Å². The second-order valence-electron chi connectivity index (χ2n) is 7.66. The van der Waals surface area contributed by atoms with E-state index in [-0.39, 0.29) is 10.8 Å². The Hall–Kier alpha value is -1.44. The smallest absolute Gasteiger partial charge is 0.254 e. The van der Waals surface area contributed by atoms with Crippen LogP contribution in [-0.2, 0) is 10.0 Å². The summed E-state index contributed by atoms with van der Waals surface area (Å²) in [6.07, 6.45) is 2.01. The quantitative estimate of drug-likeness (QED) is 0.804. The fraction of sp³-hybridized carbons (Fsp3) is 0.632. The number of sulfonamides is 1. The third-order valence-corrected chi connectivity index (χ3v) is 7.50. The zero-order chi connectivity index (χ0) is 18.9. The molecule has 1 amide bonds. The van der Waals surface area contributed by atoms with Gasteiger partial charge in [-0.15, -0.1) is 0 Å². The lowest BCUT2D eigenvalue weighted by atomic mass is 9.98. The lowest BCUT2D eigenvalue weighted by molar-refractivity contribution is 0.0696. The molecule has 2 saturated heterocycles. The van der Waals surface area contributed by atoms with Gasteiger partial charge >= 0.3 is 0 Å². The van der Waals surface area contributed by atoms with Crippen LogP contribution in [0.5, 0.6) is 0 Å². The Bertz CT molecular complexity index is 762. The molecule has 0 atom stereocenters. The van der Waals surface area contributed by atoms with Crippen LogP contribution in [0.25, 0.3) is 0 Å². The number of amides is 1. The zero-order valence-electron chi connectivity index (χ0n) is 15.9. The molecule has 0 unspecified atom stereocenters. The molecule has 2 aliphatic rings. The van der Waals surface area contributed by atoms with E-state index in [1.807, 2.05) is 18.9 Å². The second kappa shape index (κ2) is 7.66. The standard InChI is InChI=1S/C19H29N3O3S/c1-15-6-8-21(9-7-15)19(23)18-14-17(5-4-16(18)2)26(24,25)22-12-10-20(3)11-13-22/h4-5,14-15H,6-13H2,1-3H3. The van der Waals surface area contributed by atoms with Gasteiger partial charge in [0, 0.05) is 44.8 Å². The maximum absolute atomic E-state index is 13.0. The number of rotatable bonds is 3. The summed E-state index contributed by atoms with van der Waals surface area (Å²) in [6, 6.07) is 4.95. The predicted molar refractivity (Wildman–Crippen MR) is 102 cm³/mol. The van der Waals surface area contributed by atoms with Gasteiger partial charge in [-0.2, -0.15) is 4.31 Å². The highest BCUT2D eigenvalue weighted by Crippen LogP contribution is 2.24. The molecule has 26 heavy (non-hydrogen) atoms. The van der Waals surface area contributed by atoms with E-state index in [1.54, 1.807) is 18.2 Å². The molecule has 1 aromatic carbocycles. The van der Waals surface area contributed by atoms with Crippen LogP contribution in [0.2, 0.25) is 0 Å². The fourth-order valence-corrected chi connectivity index (χ4v) is 5.00. The first-order valence-electron chi connectivity index (χ1n) is 9.37. The van der Waals surface area contributed by atoms with Gasteiger partial charge in [-0.1, -0.05) is 13.0 Å². The van der Waals surface area contributed by atoms with E-state index >= 15 is 0 Å². The van der Waals surface area contributed by atoms with Gasteiger partial charge in [0.2, 0.25) is 10.0 Å². The first-order valence-corrected chi connectivity index (χ1v) is 10.8. The minimum Gasteiger partial charge on any atom is -0.339 e. The van der Waals surface area contributed by atoms with E-state index in [0.717, 1.165) is 44.6 Å². The summed E-state index contributed by atoms with van der Waals surface area (Å²) in [4.78, 5) is 17.1. The summed E-state index contributed by atoms with van der Waals surface area (Å²) < 4.78 is 27.5. The van der Waals surface area contributed by atoms with Gasteiger partial charge < -0.3 is 9.80 Å². The molecule has 2 fully saturated rings. The van der Waals surface area contributed by atoms with Crippen molar-refractivity contribution in [3.8, 4) is 0 Å². The van der Waals surface area contributed by atoms with Gasteiger partial charge in [0.15, 0.2) is 0 Å². The number of piperazine rings is 1. The van der Waals surface area contributed by atoms with Gasteiger partial charge in [0.25, 0.3) is 5.91 Å². The maximum atomic E-state index is 13.0. The Balaban J connectivity index is 1.84. The van der Waals surface area contributed by atoms with Gasteiger partial charge in [0.1, 0.15) is 0 Å². The van der Waals surface area contributed by atoms with E-state index in [4.69, 9.17) is 0 Å². The van der Waals surface area contributed by atoms with Crippen molar-refractivity contribution in [1.82, 2.24) is 14.1 Å². The largest absolute Gasteiger partial charge is 0.339 e. The molecule has 1 aromatic rings. The Morgan fingerprint density at radius 3 is 2.27 bits per heavy atom. The molecule has 0 aromatic heterocycles. The molecule has 0 radical (unpaired) electrons. The first kappa shape index (κ1) is 19.3. The van der Waals surface area contributed by atoms with Crippen LogP contribution < -0.4 is 0 Å². The second-order valence-corrected chi connectivity index (χ2v) is 9.60. The summed E-state index contributed by atoms with van der Waals surface area (Å²) in [5, 5.41) is 0. The van der Waals surface area contributed by atoms with Crippen molar-refractivity contribution in [2.45, 2.75) is 31.6 Å². The van der Waals surface area contributed by atoms with Crippen LogP contribution in [0.1, 0.15) is 35.7 Å². The number of likely N-dealkylation sites (N-methyl/N-ethyl adjacent to an activating group) is 1. The molecule has 0 N–H and O–H groups in total. The number of hydrogen-bond donors (Lipinski definition) is 0. The summed E-state index contributed by atoms with van der Waals surface area (Å²) in [5.74, 6) is 0.592. The van der Waals surface area contributed by atoms with Crippen LogP contribution in [0.3, 0.4) is 0 Å². The molecule has 144 valence electrons. The number of carbonyl (C=O) groups is 1. The minimum absolute atomic E-state index is 0.0511. The number of nitrogens with zero attached hydrogens (tertiary/aromatic N) is 3. The molecular weight excluding hydrogens is 350 g/mol. The van der Waals surface area contributed by atoms with E-state index in [9.17, 15) is 13.2 Å². The van der Waals surface area contributed by atoms with Crippen molar-refractivity contribution in [1.29, 1.82) is 0 Å². The normalized spacial score (nSPS) is 21.1. The Labute approximate surface area is 156 Å². The molecular formula is C19H29N3O3S. The van der Waals surface area contributed by atoms with Gasteiger partial charge in [0.05, 0.1) is 4.90 Å². The van der Waals surface area contributed by atoms with Crippen LogP contribution in [0.4, 0.5) is 0 Å². The van der Waals surface area contributed by atoms with Crippen molar-refractivity contribution < 1.29 is 13.2 Å². The van der Waals surface area contributed by atoms with Crippen LogP contribution in [0, 0.1) is 12.8 Å². The van der Waals surface area contributed by atoms with Crippen LogP contribution in [-0.4, -0.2) is 74.7 Å². The SMILES string of the molecule is Cc1ccc(S(=O)(=O)N2CCN(C)CC2)cc1C(=O)N1CCC(C)CC1. The molecule has 3 rings (SSSR count). The summed E-state index contributed by atoms with van der Waals surface area (Å²) in [5.41, 5.74) is 1.33. The van der Waals surface area contributed by atoms with E-state index in [1.165, 1.54) is 4.31 Å². The third-order valence-electron chi connectivity index (χ3n) is 5.61. The van der Waals surface area contributed by atoms with Gasteiger partial charge in [-0.05, 0) is 50.4 Å². The first-order chi connectivity index (χ1) is 12.3. The van der Waals surface area contributed by atoms with Crippen molar-refractivity contribution in [3.63, 3.8) is 0 Å². The zero-order valence-corrected chi connectivity index (χ0v) is 16.8. The summed E-state index contributed by atoms with van der Waals surface area (Å²) in [7, 11) is -1.57. The molecule has 2 heterocycles. The lowest BCUT2D eigenvalue weighted by Gasteiger charge is -2.32. The third kappa shape index (κ3) is 3.94. The minimum atomic E-state index is -3.56. The fourth-order valence-electron chi connectivity index (χ4n) is 3.55. The average molecular weight is 380 g/mol. The lowest BCUT2D eigenvalue weighted by Crippen LogP contribution is -2.47. The topological polar surface area (TPSA) is 60.9 Å². The molecule has 0 aliphatic carbocycles. The number of hydrogen-bond acceptors (Lipinski definition) is 4. The molecule has 6 nitrogen and oxygen atoms in total. The van der Waals surface area contributed by atoms with Crippen molar-refractivity contribution in [2.24, 2.45) is 5.92 Å². The molecule has 7 heteroatoms. The van der Waals surface area contributed by atoms with Crippen molar-refractivity contribution in [2.75, 3.05) is 46.3 Å². The van der Waals surface area contributed by atoms with Crippen LogP contribution in [0.15, 0.2) is 23.1 Å². The maximum Gasteiger partial charge on any atom is 0.254 e. The Morgan fingerprint density at radius 1 is 1.04 bits per heavy atom. The molecule has 0 spiro atoms. The number of likely N-dealkylation sites (tertiary alicyclic amines) is 1. The van der Waals surface area contributed by atoms with Gasteiger partial charge in [-0.25, -0.2) is 8.42 Å². The summed E-state index contributed by atoms with van der Waals surface area (Å²) >= 11 is 0.